The summed E-state index contributed by atoms with van der Waals surface area (Å²) >= 11 is 0. The van der Waals surface area contributed by atoms with Crippen molar-refractivity contribution >= 4 is 11.9 Å². The molecule has 4 aromatic rings. The highest BCUT2D eigenvalue weighted by molar-refractivity contribution is 5.82. The van der Waals surface area contributed by atoms with Crippen molar-refractivity contribution in [1.29, 1.82) is 0 Å². The van der Waals surface area contributed by atoms with Gasteiger partial charge < -0.3 is 9.09 Å². The average Bonchev–Trinajstić information content (AvgIpc) is 3.34. The predicted octanol–water partition coefficient (Wildman–Crippen LogP) is 3.87. The zero-order valence-corrected chi connectivity index (χ0v) is 15.1. The van der Waals surface area contributed by atoms with Crippen LogP contribution in [0.4, 0.5) is 10.1 Å². The van der Waals surface area contributed by atoms with Crippen molar-refractivity contribution in [2.45, 2.75) is 13.5 Å². The maximum Gasteiger partial charge on any atom is 0.246 e. The Balaban J connectivity index is 1.52. The molecule has 7 nitrogen and oxygen atoms in total. The first-order valence-electron chi connectivity index (χ1n) is 8.63. The quantitative estimate of drug-likeness (QED) is 0.408. The van der Waals surface area contributed by atoms with Crippen molar-refractivity contribution in [2.75, 3.05) is 5.43 Å². The summed E-state index contributed by atoms with van der Waals surface area (Å²) in [6.45, 7) is 2.26. The Kier molecular flexibility index (Phi) is 4.92. The number of imidazole rings is 1. The van der Waals surface area contributed by atoms with Crippen LogP contribution in [0.5, 0.6) is 0 Å². The van der Waals surface area contributed by atoms with Crippen LogP contribution in [0.25, 0.3) is 11.4 Å². The Morgan fingerprint density at radius 2 is 2.07 bits per heavy atom. The maximum atomic E-state index is 14.3. The first-order valence-corrected chi connectivity index (χ1v) is 8.63. The van der Waals surface area contributed by atoms with Crippen LogP contribution in [0, 0.1) is 12.7 Å². The third kappa shape index (κ3) is 3.96. The second-order valence-corrected chi connectivity index (χ2v) is 6.09. The minimum Gasteiger partial charge on any atom is -0.337 e. The van der Waals surface area contributed by atoms with Gasteiger partial charge in [0.05, 0.1) is 17.5 Å². The average molecular weight is 376 g/mol. The minimum absolute atomic E-state index is 0.191. The van der Waals surface area contributed by atoms with Gasteiger partial charge in [-0.2, -0.15) is 10.1 Å². The molecule has 0 atom stereocenters. The smallest absolute Gasteiger partial charge is 0.246 e. The molecule has 0 aliphatic rings. The summed E-state index contributed by atoms with van der Waals surface area (Å²) in [5.41, 5.74) is 4.73. The molecule has 2 aromatic heterocycles. The molecular formula is C20H17FN6O. The molecule has 4 rings (SSSR count). The van der Waals surface area contributed by atoms with Crippen LogP contribution >= 0.6 is 0 Å². The Bertz CT molecular complexity index is 1100. The molecule has 0 amide bonds. The molecule has 2 heterocycles. The van der Waals surface area contributed by atoms with Crippen molar-refractivity contribution in [2.24, 2.45) is 5.10 Å². The summed E-state index contributed by atoms with van der Waals surface area (Å²) in [7, 11) is 0. The van der Waals surface area contributed by atoms with E-state index in [9.17, 15) is 4.39 Å². The summed E-state index contributed by atoms with van der Waals surface area (Å²) in [5, 5.41) is 8.08. The van der Waals surface area contributed by atoms with Gasteiger partial charge in [-0.05, 0) is 36.8 Å². The number of nitrogens with zero attached hydrogens (tertiary/aromatic N) is 5. The monoisotopic (exact) mass is 376 g/mol. The van der Waals surface area contributed by atoms with Crippen LogP contribution in [0.3, 0.4) is 0 Å². The first kappa shape index (κ1) is 17.6. The lowest BCUT2D eigenvalue weighted by Gasteiger charge is -2.01. The van der Waals surface area contributed by atoms with Gasteiger partial charge in [-0.3, -0.25) is 5.43 Å². The van der Waals surface area contributed by atoms with Crippen LogP contribution in [-0.2, 0) is 6.54 Å². The lowest BCUT2D eigenvalue weighted by molar-refractivity contribution is 0.370. The standard InChI is InChI=1S/C20H17FN6O/c1-14-22-9-10-27(14)13-19-24-20(26-28-19)17-11-15(7-8-18(17)21)12-23-25-16-5-3-2-4-6-16/h2-12,25H,13H2,1H3. The van der Waals surface area contributed by atoms with E-state index in [2.05, 4.69) is 25.7 Å². The van der Waals surface area contributed by atoms with Crippen molar-refractivity contribution < 1.29 is 8.91 Å². The van der Waals surface area contributed by atoms with Crippen LogP contribution in [0.2, 0.25) is 0 Å². The number of nitrogens with one attached hydrogen (secondary N) is 1. The Labute approximate surface area is 160 Å². The van der Waals surface area contributed by atoms with E-state index in [1.54, 1.807) is 24.5 Å². The van der Waals surface area contributed by atoms with E-state index >= 15 is 0 Å². The number of hydrogen-bond donors (Lipinski definition) is 1. The molecule has 0 fully saturated rings. The number of rotatable bonds is 6. The lowest BCUT2D eigenvalue weighted by atomic mass is 10.1. The van der Waals surface area contributed by atoms with E-state index in [-0.39, 0.29) is 11.4 Å². The van der Waals surface area contributed by atoms with Crippen molar-refractivity contribution in [1.82, 2.24) is 19.7 Å². The number of aromatic nitrogens is 4. The highest BCUT2D eigenvalue weighted by Gasteiger charge is 2.14. The van der Waals surface area contributed by atoms with E-state index < -0.39 is 5.82 Å². The number of para-hydroxylation sites is 1. The van der Waals surface area contributed by atoms with Crippen molar-refractivity contribution in [3.63, 3.8) is 0 Å². The van der Waals surface area contributed by atoms with Gasteiger partial charge in [0.25, 0.3) is 0 Å². The number of aryl methyl sites for hydroxylation is 1. The van der Waals surface area contributed by atoms with Gasteiger partial charge in [-0.25, -0.2) is 9.37 Å². The SMILES string of the molecule is Cc1nccn1Cc1nc(-c2cc(C=NNc3ccccc3)ccc2F)no1. The van der Waals surface area contributed by atoms with Crippen LogP contribution in [0.15, 0.2) is 70.5 Å². The molecule has 0 saturated heterocycles. The molecule has 8 heteroatoms. The summed E-state index contributed by atoms with van der Waals surface area (Å²) in [6, 6.07) is 14.2. The van der Waals surface area contributed by atoms with E-state index in [1.165, 1.54) is 6.07 Å². The molecule has 140 valence electrons. The lowest BCUT2D eigenvalue weighted by Crippen LogP contribution is -2.01. The fourth-order valence-electron chi connectivity index (χ4n) is 2.63. The third-order valence-corrected chi connectivity index (χ3v) is 4.11. The van der Waals surface area contributed by atoms with E-state index in [0.29, 0.717) is 18.0 Å². The highest BCUT2D eigenvalue weighted by Crippen LogP contribution is 2.21. The molecule has 0 aliphatic carbocycles. The van der Waals surface area contributed by atoms with Gasteiger partial charge in [-0.1, -0.05) is 29.4 Å². The topological polar surface area (TPSA) is 81.1 Å². The molecule has 0 spiro atoms. The Hall–Kier alpha value is -3.81. The predicted molar refractivity (Wildman–Crippen MR) is 103 cm³/mol. The van der Waals surface area contributed by atoms with E-state index in [1.807, 2.05) is 48.0 Å². The molecule has 0 saturated carbocycles. The molecular weight excluding hydrogens is 359 g/mol. The van der Waals surface area contributed by atoms with Gasteiger partial charge in [0.2, 0.25) is 11.7 Å². The van der Waals surface area contributed by atoms with Crippen LogP contribution in [0.1, 0.15) is 17.3 Å². The molecule has 0 bridgehead atoms. The van der Waals surface area contributed by atoms with Gasteiger partial charge in [-0.15, -0.1) is 0 Å². The van der Waals surface area contributed by atoms with Gasteiger partial charge in [0.15, 0.2) is 0 Å². The second-order valence-electron chi connectivity index (χ2n) is 6.09. The van der Waals surface area contributed by atoms with E-state index in [4.69, 9.17) is 4.52 Å². The van der Waals surface area contributed by atoms with Crippen LogP contribution in [-0.4, -0.2) is 25.9 Å². The zero-order chi connectivity index (χ0) is 19.3. The molecule has 28 heavy (non-hydrogen) atoms. The maximum absolute atomic E-state index is 14.3. The molecule has 0 aliphatic heterocycles. The number of anilines is 1. The van der Waals surface area contributed by atoms with Crippen molar-refractivity contribution in [3.8, 4) is 11.4 Å². The summed E-state index contributed by atoms with van der Waals surface area (Å²) in [6.07, 6.45) is 5.11. The summed E-state index contributed by atoms with van der Waals surface area (Å²) in [4.78, 5) is 8.45. The van der Waals surface area contributed by atoms with Gasteiger partial charge in [0.1, 0.15) is 18.2 Å². The number of halogens is 1. The number of benzene rings is 2. The molecule has 2 aromatic carbocycles. The largest absolute Gasteiger partial charge is 0.337 e. The Morgan fingerprint density at radius 1 is 1.21 bits per heavy atom. The summed E-state index contributed by atoms with van der Waals surface area (Å²) < 4.78 is 21.4. The number of hydrogen-bond acceptors (Lipinski definition) is 6. The van der Waals surface area contributed by atoms with Crippen molar-refractivity contribution in [3.05, 3.63) is 84.0 Å². The fraction of sp³-hybridized carbons (Fsp3) is 0.100. The Morgan fingerprint density at radius 3 is 2.86 bits per heavy atom. The molecule has 0 unspecified atom stereocenters. The zero-order valence-electron chi connectivity index (χ0n) is 15.1. The normalized spacial score (nSPS) is 11.2. The fourth-order valence-corrected chi connectivity index (χ4v) is 2.63. The second kappa shape index (κ2) is 7.83. The van der Waals surface area contributed by atoms with Gasteiger partial charge >= 0.3 is 0 Å². The molecule has 1 N–H and O–H groups in total. The van der Waals surface area contributed by atoms with E-state index in [0.717, 1.165) is 11.5 Å². The first-order chi connectivity index (χ1) is 13.7. The van der Waals surface area contributed by atoms with Gasteiger partial charge in [0, 0.05) is 12.4 Å². The minimum atomic E-state index is -0.431. The third-order valence-electron chi connectivity index (χ3n) is 4.11. The van der Waals surface area contributed by atoms with Crippen LogP contribution < -0.4 is 5.43 Å². The molecule has 0 radical (unpaired) electrons. The highest BCUT2D eigenvalue weighted by atomic mass is 19.1. The number of hydrazone groups is 1. The summed E-state index contributed by atoms with van der Waals surface area (Å²) in [5.74, 6) is 0.964.